The first-order chi connectivity index (χ1) is 14.0. The molecule has 1 unspecified atom stereocenters. The SMILES string of the molecule is COCCCN1C(=O)C(=O)/C(=C(/O)c2ccccc2)C1c1ccc(C(C)C)cc1. The second-order valence-corrected chi connectivity index (χ2v) is 7.53. The van der Waals surface area contributed by atoms with Gasteiger partial charge in [-0.2, -0.15) is 0 Å². The Balaban J connectivity index is 2.09. The van der Waals surface area contributed by atoms with Gasteiger partial charge in [0, 0.05) is 25.8 Å². The number of benzene rings is 2. The first kappa shape index (κ1) is 20.8. The zero-order valence-corrected chi connectivity index (χ0v) is 17.1. The normalized spacial score (nSPS) is 18.6. The molecule has 1 saturated heterocycles. The minimum absolute atomic E-state index is 0.135. The Morgan fingerprint density at radius 1 is 1.07 bits per heavy atom. The number of carbonyl (C=O) groups excluding carboxylic acids is 2. The average molecular weight is 393 g/mol. The lowest BCUT2D eigenvalue weighted by Gasteiger charge is -2.25. The van der Waals surface area contributed by atoms with E-state index < -0.39 is 17.7 Å². The number of hydrogen-bond acceptors (Lipinski definition) is 4. The van der Waals surface area contributed by atoms with E-state index in [1.165, 1.54) is 5.56 Å². The topological polar surface area (TPSA) is 66.8 Å². The van der Waals surface area contributed by atoms with Gasteiger partial charge in [-0.15, -0.1) is 0 Å². The van der Waals surface area contributed by atoms with Crippen LogP contribution in [-0.2, 0) is 14.3 Å². The Kier molecular flexibility index (Phi) is 6.49. The quantitative estimate of drug-likeness (QED) is 0.330. The molecule has 0 aromatic heterocycles. The van der Waals surface area contributed by atoms with Crippen LogP contribution < -0.4 is 0 Å². The van der Waals surface area contributed by atoms with E-state index in [0.717, 1.165) is 5.56 Å². The number of ketones is 1. The van der Waals surface area contributed by atoms with Crippen molar-refractivity contribution in [3.05, 3.63) is 76.9 Å². The molecule has 0 radical (unpaired) electrons. The number of aliphatic hydroxyl groups is 1. The third-order valence-corrected chi connectivity index (χ3v) is 5.25. The summed E-state index contributed by atoms with van der Waals surface area (Å²) in [7, 11) is 1.60. The van der Waals surface area contributed by atoms with Gasteiger partial charge in [0.2, 0.25) is 0 Å². The van der Waals surface area contributed by atoms with Crippen LogP contribution in [0.15, 0.2) is 60.2 Å². The number of aliphatic hydroxyl groups excluding tert-OH is 1. The largest absolute Gasteiger partial charge is 0.507 e. The third kappa shape index (κ3) is 4.25. The third-order valence-electron chi connectivity index (χ3n) is 5.25. The van der Waals surface area contributed by atoms with Crippen molar-refractivity contribution in [1.82, 2.24) is 4.90 Å². The summed E-state index contributed by atoms with van der Waals surface area (Å²) in [5.74, 6) is -1.00. The lowest BCUT2D eigenvalue weighted by atomic mass is 9.93. The summed E-state index contributed by atoms with van der Waals surface area (Å²) in [5, 5.41) is 10.9. The second-order valence-electron chi connectivity index (χ2n) is 7.53. The van der Waals surface area contributed by atoms with Gasteiger partial charge in [-0.3, -0.25) is 9.59 Å². The van der Waals surface area contributed by atoms with Crippen LogP contribution in [0.3, 0.4) is 0 Å². The number of ether oxygens (including phenoxy) is 1. The predicted octanol–water partition coefficient (Wildman–Crippen LogP) is 4.27. The van der Waals surface area contributed by atoms with E-state index in [4.69, 9.17) is 4.74 Å². The summed E-state index contributed by atoms with van der Waals surface area (Å²) >= 11 is 0. The van der Waals surface area contributed by atoms with Gasteiger partial charge >= 0.3 is 0 Å². The molecule has 1 fully saturated rings. The number of methoxy groups -OCH3 is 1. The molecule has 1 aliphatic heterocycles. The van der Waals surface area contributed by atoms with Crippen LogP contribution in [0.1, 0.15) is 48.9 Å². The fraction of sp³-hybridized carbons (Fsp3) is 0.333. The van der Waals surface area contributed by atoms with Crippen molar-refractivity contribution in [1.29, 1.82) is 0 Å². The number of nitrogens with zero attached hydrogens (tertiary/aromatic N) is 1. The molecule has 29 heavy (non-hydrogen) atoms. The van der Waals surface area contributed by atoms with E-state index in [1.807, 2.05) is 30.3 Å². The lowest BCUT2D eigenvalue weighted by molar-refractivity contribution is -0.140. The number of hydrogen-bond donors (Lipinski definition) is 1. The molecule has 0 spiro atoms. The smallest absolute Gasteiger partial charge is 0.295 e. The van der Waals surface area contributed by atoms with Crippen LogP contribution in [0, 0.1) is 0 Å². The van der Waals surface area contributed by atoms with Gasteiger partial charge in [0.25, 0.3) is 11.7 Å². The van der Waals surface area contributed by atoms with Gasteiger partial charge < -0.3 is 14.7 Å². The van der Waals surface area contributed by atoms with Crippen molar-refractivity contribution in [3.63, 3.8) is 0 Å². The summed E-state index contributed by atoms with van der Waals surface area (Å²) in [4.78, 5) is 27.2. The second kappa shape index (κ2) is 9.05. The van der Waals surface area contributed by atoms with E-state index >= 15 is 0 Å². The molecule has 3 rings (SSSR count). The first-order valence-corrected chi connectivity index (χ1v) is 9.88. The molecule has 1 aliphatic rings. The zero-order valence-electron chi connectivity index (χ0n) is 17.1. The maximum Gasteiger partial charge on any atom is 0.295 e. The number of likely N-dealkylation sites (tertiary alicyclic amines) is 1. The monoisotopic (exact) mass is 393 g/mol. The van der Waals surface area contributed by atoms with Crippen LogP contribution in [0.4, 0.5) is 0 Å². The Bertz CT molecular complexity index is 900. The minimum Gasteiger partial charge on any atom is -0.507 e. The predicted molar refractivity (Wildman–Crippen MR) is 112 cm³/mol. The fourth-order valence-corrected chi connectivity index (χ4v) is 3.65. The van der Waals surface area contributed by atoms with Gasteiger partial charge in [0.1, 0.15) is 5.76 Å². The lowest BCUT2D eigenvalue weighted by Crippen LogP contribution is -2.31. The van der Waals surface area contributed by atoms with Gasteiger partial charge in [-0.1, -0.05) is 68.4 Å². The molecule has 0 saturated carbocycles. The van der Waals surface area contributed by atoms with Crippen molar-refractivity contribution < 1.29 is 19.4 Å². The van der Waals surface area contributed by atoms with Gasteiger partial charge in [-0.05, 0) is 23.5 Å². The molecule has 5 nitrogen and oxygen atoms in total. The molecule has 1 heterocycles. The Hall–Kier alpha value is -2.92. The number of carbonyl (C=O) groups is 2. The molecule has 1 atom stereocenters. The summed E-state index contributed by atoms with van der Waals surface area (Å²) in [5.41, 5.74) is 2.64. The standard InChI is InChI=1S/C24H27NO4/c1-16(2)17-10-12-18(13-11-17)21-20(22(26)19-8-5-4-6-9-19)23(27)24(28)25(21)14-7-15-29-3/h4-6,8-13,16,21,26H,7,14-15H2,1-3H3/b22-20+. The van der Waals surface area contributed by atoms with Crippen molar-refractivity contribution in [2.24, 2.45) is 0 Å². The van der Waals surface area contributed by atoms with Gasteiger partial charge in [0.05, 0.1) is 11.6 Å². The molecule has 1 amide bonds. The van der Waals surface area contributed by atoms with Crippen LogP contribution in [0.25, 0.3) is 5.76 Å². The summed E-state index contributed by atoms with van der Waals surface area (Å²) in [6, 6.07) is 16.2. The summed E-state index contributed by atoms with van der Waals surface area (Å²) in [6.45, 7) is 5.09. The minimum atomic E-state index is -0.651. The molecule has 0 bridgehead atoms. The number of rotatable bonds is 7. The number of amides is 1. The van der Waals surface area contributed by atoms with Crippen LogP contribution in [-0.4, -0.2) is 42.0 Å². The van der Waals surface area contributed by atoms with Gasteiger partial charge in [-0.25, -0.2) is 0 Å². The Labute approximate surface area is 171 Å². The first-order valence-electron chi connectivity index (χ1n) is 9.88. The van der Waals surface area contributed by atoms with Crippen molar-refractivity contribution >= 4 is 17.4 Å². The van der Waals surface area contributed by atoms with Crippen molar-refractivity contribution in [3.8, 4) is 0 Å². The van der Waals surface area contributed by atoms with E-state index in [2.05, 4.69) is 13.8 Å². The Morgan fingerprint density at radius 2 is 1.72 bits per heavy atom. The van der Waals surface area contributed by atoms with Crippen LogP contribution in [0.5, 0.6) is 0 Å². The van der Waals surface area contributed by atoms with Crippen LogP contribution in [0.2, 0.25) is 0 Å². The fourth-order valence-electron chi connectivity index (χ4n) is 3.65. The molecule has 0 aliphatic carbocycles. The van der Waals surface area contributed by atoms with Crippen molar-refractivity contribution in [2.45, 2.75) is 32.2 Å². The Morgan fingerprint density at radius 3 is 2.31 bits per heavy atom. The maximum absolute atomic E-state index is 12.9. The molecular formula is C24H27NO4. The molecule has 152 valence electrons. The molecule has 2 aromatic rings. The molecule has 1 N–H and O–H groups in total. The van der Waals surface area contributed by atoms with Crippen LogP contribution >= 0.6 is 0 Å². The summed E-state index contributed by atoms with van der Waals surface area (Å²) in [6.07, 6.45) is 0.607. The molecular weight excluding hydrogens is 366 g/mol. The van der Waals surface area contributed by atoms with E-state index in [9.17, 15) is 14.7 Å². The molecule has 5 heteroatoms. The summed E-state index contributed by atoms with van der Waals surface area (Å²) < 4.78 is 5.11. The molecule has 2 aromatic carbocycles. The maximum atomic E-state index is 12.9. The van der Waals surface area contributed by atoms with E-state index in [-0.39, 0.29) is 11.3 Å². The highest BCUT2D eigenvalue weighted by molar-refractivity contribution is 6.46. The highest BCUT2D eigenvalue weighted by Gasteiger charge is 2.45. The highest BCUT2D eigenvalue weighted by atomic mass is 16.5. The zero-order chi connectivity index (χ0) is 21.0. The van der Waals surface area contributed by atoms with Crippen molar-refractivity contribution in [2.75, 3.05) is 20.3 Å². The van der Waals surface area contributed by atoms with E-state index in [1.54, 1.807) is 36.3 Å². The van der Waals surface area contributed by atoms with E-state index in [0.29, 0.717) is 31.1 Å². The highest BCUT2D eigenvalue weighted by Crippen LogP contribution is 2.39. The average Bonchev–Trinajstić information content (AvgIpc) is 2.99. The number of Topliss-reactive ketones (excluding diaryl/α,β-unsaturated/α-hetero) is 1. The van der Waals surface area contributed by atoms with Gasteiger partial charge in [0.15, 0.2) is 0 Å².